The Morgan fingerprint density at radius 1 is 1.36 bits per heavy atom. The van der Waals surface area contributed by atoms with Gasteiger partial charge in [0.2, 0.25) is 6.33 Å². The zero-order valence-corrected chi connectivity index (χ0v) is 10.1. The van der Waals surface area contributed by atoms with Crippen molar-refractivity contribution in [3.63, 3.8) is 0 Å². The summed E-state index contributed by atoms with van der Waals surface area (Å²) in [6.45, 7) is 6.74. The highest BCUT2D eigenvalue weighted by atomic mass is 32.2. The van der Waals surface area contributed by atoms with Crippen molar-refractivity contribution in [3.8, 4) is 0 Å². The van der Waals surface area contributed by atoms with Crippen LogP contribution in [0.1, 0.15) is 26.7 Å². The van der Waals surface area contributed by atoms with Crippen LogP contribution in [-0.2, 0) is 13.1 Å². The molecule has 0 spiro atoms. The minimum absolute atomic E-state index is 1.14. The molecule has 0 aliphatic carbocycles. The van der Waals surface area contributed by atoms with Crippen molar-refractivity contribution in [1.82, 2.24) is 4.57 Å². The summed E-state index contributed by atoms with van der Waals surface area (Å²) in [5, 5.41) is 0. The Labute approximate surface area is 91.3 Å². The fraction of sp³-hybridized carbons (Fsp3) is 0.727. The number of thioether (sulfide) groups is 1. The second kappa shape index (κ2) is 6.93. The molecule has 0 saturated heterocycles. The molecule has 1 heterocycles. The molecular weight excluding hydrogens is 192 g/mol. The maximum atomic E-state index is 2.28. The van der Waals surface area contributed by atoms with Gasteiger partial charge in [0, 0.05) is 5.75 Å². The first-order valence-corrected chi connectivity index (χ1v) is 6.64. The third-order valence-electron chi connectivity index (χ3n) is 2.21. The first-order valence-electron chi connectivity index (χ1n) is 5.49. The first-order chi connectivity index (χ1) is 6.86. The highest BCUT2D eigenvalue weighted by molar-refractivity contribution is 7.99. The van der Waals surface area contributed by atoms with Gasteiger partial charge in [0.05, 0.1) is 13.1 Å². The van der Waals surface area contributed by atoms with Gasteiger partial charge in [-0.25, -0.2) is 9.13 Å². The number of rotatable bonds is 7. The molecule has 0 amide bonds. The molecule has 2 nitrogen and oxygen atoms in total. The molecule has 1 rings (SSSR count). The lowest BCUT2D eigenvalue weighted by Gasteiger charge is -1.95. The van der Waals surface area contributed by atoms with E-state index in [4.69, 9.17) is 0 Å². The largest absolute Gasteiger partial charge is 0.243 e. The average Bonchev–Trinajstić information content (AvgIpc) is 2.63. The van der Waals surface area contributed by atoms with E-state index in [0.717, 1.165) is 13.1 Å². The van der Waals surface area contributed by atoms with Crippen LogP contribution in [0.3, 0.4) is 0 Å². The van der Waals surface area contributed by atoms with Crippen LogP contribution in [-0.4, -0.2) is 16.1 Å². The van der Waals surface area contributed by atoms with Crippen LogP contribution in [0, 0.1) is 0 Å². The number of aryl methyl sites for hydroxylation is 2. The predicted octanol–water partition coefficient (Wildman–Crippen LogP) is 2.33. The van der Waals surface area contributed by atoms with Crippen LogP contribution in [0.4, 0.5) is 0 Å². The summed E-state index contributed by atoms with van der Waals surface area (Å²) in [6, 6.07) is 0. The van der Waals surface area contributed by atoms with E-state index in [1.807, 2.05) is 11.8 Å². The van der Waals surface area contributed by atoms with E-state index in [0.29, 0.717) is 0 Å². The van der Waals surface area contributed by atoms with Crippen LogP contribution >= 0.6 is 11.8 Å². The van der Waals surface area contributed by atoms with E-state index < -0.39 is 0 Å². The molecule has 0 atom stereocenters. The summed E-state index contributed by atoms with van der Waals surface area (Å²) in [4.78, 5) is 0. The molecule has 3 heteroatoms. The number of hydrogen-bond acceptors (Lipinski definition) is 1. The molecule has 0 aromatic carbocycles. The Balaban J connectivity index is 2.27. The summed E-state index contributed by atoms with van der Waals surface area (Å²) in [6.07, 6.45) is 9.10. The molecule has 1 aromatic heterocycles. The molecule has 14 heavy (non-hydrogen) atoms. The van der Waals surface area contributed by atoms with Gasteiger partial charge in [-0.05, 0) is 12.2 Å². The van der Waals surface area contributed by atoms with Gasteiger partial charge >= 0.3 is 0 Å². The van der Waals surface area contributed by atoms with Crippen molar-refractivity contribution in [2.24, 2.45) is 0 Å². The van der Waals surface area contributed by atoms with Crippen LogP contribution in [0.2, 0.25) is 0 Å². The van der Waals surface area contributed by atoms with Gasteiger partial charge in [-0.15, -0.1) is 0 Å². The SMILES string of the molecule is CCCC[n+]1ccn(CCSCC)c1. The van der Waals surface area contributed by atoms with E-state index in [-0.39, 0.29) is 0 Å². The summed E-state index contributed by atoms with van der Waals surface area (Å²) < 4.78 is 4.55. The monoisotopic (exact) mass is 213 g/mol. The Hall–Kier alpha value is -0.440. The molecule has 1 aromatic rings. The lowest BCUT2D eigenvalue weighted by molar-refractivity contribution is -0.696. The molecule has 0 radical (unpaired) electrons. The molecule has 0 aliphatic heterocycles. The van der Waals surface area contributed by atoms with Gasteiger partial charge in [-0.3, -0.25) is 0 Å². The molecule has 0 saturated carbocycles. The maximum Gasteiger partial charge on any atom is 0.243 e. The van der Waals surface area contributed by atoms with Crippen molar-refractivity contribution >= 4 is 11.8 Å². The van der Waals surface area contributed by atoms with Gasteiger partial charge in [0.25, 0.3) is 0 Å². The van der Waals surface area contributed by atoms with Crippen molar-refractivity contribution in [3.05, 3.63) is 18.7 Å². The van der Waals surface area contributed by atoms with E-state index in [1.165, 1.54) is 24.3 Å². The maximum absolute atomic E-state index is 2.28. The Bertz CT molecular complexity index is 245. The quantitative estimate of drug-likeness (QED) is 0.499. The molecule has 0 N–H and O–H groups in total. The number of imidazole rings is 1. The van der Waals surface area contributed by atoms with E-state index >= 15 is 0 Å². The van der Waals surface area contributed by atoms with Crippen LogP contribution in [0.15, 0.2) is 18.7 Å². The van der Waals surface area contributed by atoms with Crippen LogP contribution < -0.4 is 4.57 Å². The lowest BCUT2D eigenvalue weighted by Crippen LogP contribution is -2.30. The fourth-order valence-corrected chi connectivity index (χ4v) is 1.99. The number of unbranched alkanes of at least 4 members (excludes halogenated alkanes) is 1. The second-order valence-corrected chi connectivity index (χ2v) is 4.83. The van der Waals surface area contributed by atoms with Crippen LogP contribution in [0.5, 0.6) is 0 Å². The molecule has 0 aliphatic rings. The third-order valence-corrected chi connectivity index (χ3v) is 3.09. The minimum Gasteiger partial charge on any atom is -0.237 e. The summed E-state index contributed by atoms with van der Waals surface area (Å²) >= 11 is 2.00. The standard InChI is InChI=1S/C11H21N2S/c1-3-5-6-12-7-8-13(11-12)9-10-14-4-2/h7-8,11H,3-6,9-10H2,1-2H3/q+1. The number of hydrogen-bond donors (Lipinski definition) is 0. The second-order valence-electron chi connectivity index (χ2n) is 3.44. The Kier molecular flexibility index (Phi) is 5.76. The smallest absolute Gasteiger partial charge is 0.237 e. The number of aromatic nitrogens is 2. The third kappa shape index (κ3) is 4.18. The van der Waals surface area contributed by atoms with Crippen molar-refractivity contribution < 1.29 is 4.57 Å². The van der Waals surface area contributed by atoms with Gasteiger partial charge in [0.1, 0.15) is 12.4 Å². The lowest BCUT2D eigenvalue weighted by atomic mass is 10.3. The zero-order chi connectivity index (χ0) is 10.2. The van der Waals surface area contributed by atoms with Crippen molar-refractivity contribution in [2.75, 3.05) is 11.5 Å². The average molecular weight is 213 g/mol. The summed E-state index contributed by atoms with van der Waals surface area (Å²) in [7, 11) is 0. The van der Waals surface area contributed by atoms with E-state index in [1.54, 1.807) is 0 Å². The van der Waals surface area contributed by atoms with Gasteiger partial charge in [-0.2, -0.15) is 11.8 Å². The summed E-state index contributed by atoms with van der Waals surface area (Å²) in [5.74, 6) is 2.44. The minimum atomic E-state index is 1.14. The van der Waals surface area contributed by atoms with Gasteiger partial charge < -0.3 is 0 Å². The zero-order valence-electron chi connectivity index (χ0n) is 9.28. The summed E-state index contributed by atoms with van der Waals surface area (Å²) in [5.41, 5.74) is 0. The van der Waals surface area contributed by atoms with Gasteiger partial charge in [-0.1, -0.05) is 20.3 Å². The normalized spacial score (nSPS) is 10.7. The Morgan fingerprint density at radius 3 is 2.93 bits per heavy atom. The molecule has 0 fully saturated rings. The molecule has 0 bridgehead atoms. The highest BCUT2D eigenvalue weighted by Gasteiger charge is 2.01. The predicted molar refractivity (Wildman–Crippen MR) is 62.5 cm³/mol. The molecule has 80 valence electrons. The first kappa shape index (κ1) is 11.6. The van der Waals surface area contributed by atoms with Crippen molar-refractivity contribution in [1.29, 1.82) is 0 Å². The van der Waals surface area contributed by atoms with E-state index in [2.05, 4.69) is 41.7 Å². The van der Waals surface area contributed by atoms with Crippen molar-refractivity contribution in [2.45, 2.75) is 39.8 Å². The Morgan fingerprint density at radius 2 is 2.21 bits per heavy atom. The topological polar surface area (TPSA) is 8.81 Å². The molecular formula is C11H21N2S+. The van der Waals surface area contributed by atoms with Crippen LogP contribution in [0.25, 0.3) is 0 Å². The fourth-order valence-electron chi connectivity index (χ4n) is 1.36. The highest BCUT2D eigenvalue weighted by Crippen LogP contribution is 1.99. The van der Waals surface area contributed by atoms with E-state index in [9.17, 15) is 0 Å². The number of nitrogens with zero attached hydrogens (tertiary/aromatic N) is 2. The molecule has 0 unspecified atom stereocenters. The van der Waals surface area contributed by atoms with Gasteiger partial charge in [0.15, 0.2) is 0 Å².